The van der Waals surface area contributed by atoms with E-state index in [0.717, 1.165) is 23.4 Å². The fourth-order valence-electron chi connectivity index (χ4n) is 2.95. The van der Waals surface area contributed by atoms with Crippen LogP contribution >= 0.6 is 0 Å². The van der Waals surface area contributed by atoms with Crippen LogP contribution in [0.2, 0.25) is 0 Å². The minimum Gasteiger partial charge on any atom is -0.497 e. The quantitative estimate of drug-likeness (QED) is 0.852. The van der Waals surface area contributed by atoms with Crippen LogP contribution in [0.5, 0.6) is 5.75 Å². The molecule has 1 fully saturated rings. The third-order valence-corrected chi connectivity index (χ3v) is 4.34. The maximum Gasteiger partial charge on any atom is 0.235 e. The molecular weight excluding hydrogens is 274 g/mol. The third kappa shape index (κ3) is 2.39. The van der Waals surface area contributed by atoms with Crippen molar-refractivity contribution in [1.29, 1.82) is 0 Å². The van der Waals surface area contributed by atoms with E-state index in [1.54, 1.807) is 7.11 Å². The lowest BCUT2D eigenvalue weighted by Crippen LogP contribution is -2.29. The first-order valence-electron chi connectivity index (χ1n) is 7.34. The van der Waals surface area contributed by atoms with Gasteiger partial charge in [-0.25, -0.2) is 0 Å². The molecule has 22 heavy (non-hydrogen) atoms. The van der Waals surface area contributed by atoms with Gasteiger partial charge in [0.2, 0.25) is 5.91 Å². The highest BCUT2D eigenvalue weighted by Gasteiger charge is 2.59. The summed E-state index contributed by atoms with van der Waals surface area (Å²) in [6.07, 6.45) is 2.66. The predicted octanol–water partition coefficient (Wildman–Crippen LogP) is 3.78. The number of anilines is 1. The van der Waals surface area contributed by atoms with Gasteiger partial charge in [0.05, 0.1) is 12.5 Å². The molecule has 3 heteroatoms. The number of methoxy groups -OCH3 is 1. The molecule has 2 unspecified atom stereocenters. The van der Waals surface area contributed by atoms with Crippen molar-refractivity contribution >= 4 is 11.6 Å². The second-order valence-electron chi connectivity index (χ2n) is 5.57. The fourth-order valence-corrected chi connectivity index (χ4v) is 2.95. The molecule has 0 spiro atoms. The number of hydrogen-bond acceptors (Lipinski definition) is 2. The van der Waals surface area contributed by atoms with Crippen LogP contribution in [-0.4, -0.2) is 13.0 Å². The first-order chi connectivity index (χ1) is 10.7. The molecule has 1 aliphatic carbocycles. The highest BCUT2D eigenvalue weighted by molar-refractivity contribution is 6.02. The van der Waals surface area contributed by atoms with Crippen molar-refractivity contribution in [3.63, 3.8) is 0 Å². The number of benzene rings is 2. The van der Waals surface area contributed by atoms with Gasteiger partial charge < -0.3 is 10.1 Å². The number of para-hydroxylation sites is 1. The van der Waals surface area contributed by atoms with Crippen molar-refractivity contribution < 1.29 is 9.53 Å². The second-order valence-corrected chi connectivity index (χ2v) is 5.57. The van der Waals surface area contributed by atoms with E-state index in [1.807, 2.05) is 60.7 Å². The van der Waals surface area contributed by atoms with Crippen LogP contribution < -0.4 is 10.1 Å². The molecule has 0 radical (unpaired) electrons. The van der Waals surface area contributed by atoms with Gasteiger partial charge in [-0.3, -0.25) is 4.79 Å². The first-order valence-corrected chi connectivity index (χ1v) is 7.34. The van der Waals surface area contributed by atoms with Gasteiger partial charge in [-0.05, 0) is 42.2 Å². The van der Waals surface area contributed by atoms with Crippen molar-refractivity contribution in [3.05, 3.63) is 72.8 Å². The zero-order valence-electron chi connectivity index (χ0n) is 12.6. The Kier molecular flexibility index (Phi) is 3.72. The molecule has 2 aromatic carbocycles. The van der Waals surface area contributed by atoms with Crippen LogP contribution in [0, 0.1) is 5.92 Å². The Balaban J connectivity index is 1.88. The van der Waals surface area contributed by atoms with Crippen LogP contribution in [0.15, 0.2) is 67.3 Å². The number of nitrogens with one attached hydrogen (secondary N) is 1. The molecule has 0 saturated heterocycles. The monoisotopic (exact) mass is 293 g/mol. The van der Waals surface area contributed by atoms with Gasteiger partial charge in [-0.1, -0.05) is 36.4 Å². The van der Waals surface area contributed by atoms with E-state index < -0.39 is 5.41 Å². The van der Waals surface area contributed by atoms with E-state index >= 15 is 0 Å². The largest absolute Gasteiger partial charge is 0.497 e. The summed E-state index contributed by atoms with van der Waals surface area (Å²) in [5, 5.41) is 3.02. The summed E-state index contributed by atoms with van der Waals surface area (Å²) in [7, 11) is 1.64. The van der Waals surface area contributed by atoms with E-state index in [-0.39, 0.29) is 11.8 Å². The summed E-state index contributed by atoms with van der Waals surface area (Å²) in [6.45, 7) is 3.86. The Morgan fingerprint density at radius 1 is 1.23 bits per heavy atom. The summed E-state index contributed by atoms with van der Waals surface area (Å²) in [6, 6.07) is 17.3. The molecule has 0 bridgehead atoms. The number of ether oxygens (including phenoxy) is 1. The van der Waals surface area contributed by atoms with Crippen LogP contribution in [0.1, 0.15) is 12.0 Å². The molecule has 2 atom stereocenters. The van der Waals surface area contributed by atoms with Gasteiger partial charge in [0.1, 0.15) is 5.75 Å². The van der Waals surface area contributed by atoms with E-state index in [2.05, 4.69) is 11.9 Å². The van der Waals surface area contributed by atoms with Gasteiger partial charge >= 0.3 is 0 Å². The topological polar surface area (TPSA) is 38.3 Å². The molecule has 0 aromatic heterocycles. The van der Waals surface area contributed by atoms with Gasteiger partial charge in [-0.2, -0.15) is 0 Å². The smallest absolute Gasteiger partial charge is 0.235 e. The zero-order chi connectivity index (χ0) is 15.6. The minimum absolute atomic E-state index is 0.0220. The number of carbonyl (C=O) groups excluding carboxylic acids is 1. The van der Waals surface area contributed by atoms with E-state index in [9.17, 15) is 4.79 Å². The molecule has 3 nitrogen and oxygen atoms in total. The molecule has 1 saturated carbocycles. The first kappa shape index (κ1) is 14.4. The standard InChI is InChI=1S/C19H19NO2/c1-3-14-13-19(14,15-9-11-17(22-2)12-10-15)18(21)20-16-7-5-4-6-8-16/h3-12,14H,1,13H2,2H3,(H,20,21). The molecule has 1 N–H and O–H groups in total. The van der Waals surface area contributed by atoms with Crippen molar-refractivity contribution in [2.45, 2.75) is 11.8 Å². The summed E-state index contributed by atoms with van der Waals surface area (Å²) in [5.41, 5.74) is 1.31. The minimum atomic E-state index is -0.510. The number of rotatable bonds is 5. The van der Waals surface area contributed by atoms with Crippen molar-refractivity contribution in [1.82, 2.24) is 0 Å². The molecule has 1 aliphatic rings. The van der Waals surface area contributed by atoms with Gasteiger partial charge in [0.25, 0.3) is 0 Å². The maximum absolute atomic E-state index is 12.8. The average Bonchev–Trinajstić information content (AvgIpc) is 3.32. The molecule has 1 amide bonds. The summed E-state index contributed by atoms with van der Waals surface area (Å²) in [5.74, 6) is 0.983. The van der Waals surface area contributed by atoms with Gasteiger partial charge in [0.15, 0.2) is 0 Å². The predicted molar refractivity (Wildman–Crippen MR) is 88.0 cm³/mol. The lowest BCUT2D eigenvalue weighted by atomic mass is 9.91. The van der Waals surface area contributed by atoms with Crippen molar-refractivity contribution in [3.8, 4) is 5.75 Å². The molecule has 2 aromatic rings. The lowest BCUT2D eigenvalue weighted by molar-refractivity contribution is -0.118. The Labute approximate surface area is 130 Å². The lowest BCUT2D eigenvalue weighted by Gasteiger charge is -2.17. The summed E-state index contributed by atoms with van der Waals surface area (Å²) in [4.78, 5) is 12.8. The van der Waals surface area contributed by atoms with Crippen LogP contribution in [0.4, 0.5) is 5.69 Å². The van der Waals surface area contributed by atoms with Crippen LogP contribution in [0.25, 0.3) is 0 Å². The third-order valence-electron chi connectivity index (χ3n) is 4.34. The molecule has 112 valence electrons. The maximum atomic E-state index is 12.8. The SMILES string of the molecule is C=CC1CC1(C(=O)Nc1ccccc1)c1ccc(OC)cc1. The van der Waals surface area contributed by atoms with Gasteiger partial charge in [-0.15, -0.1) is 6.58 Å². The Bertz CT molecular complexity index is 678. The van der Waals surface area contributed by atoms with E-state index in [0.29, 0.717) is 0 Å². The van der Waals surface area contributed by atoms with Crippen molar-refractivity contribution in [2.75, 3.05) is 12.4 Å². The number of allylic oxidation sites excluding steroid dienone is 1. The zero-order valence-corrected chi connectivity index (χ0v) is 12.6. The van der Waals surface area contributed by atoms with E-state index in [4.69, 9.17) is 4.74 Å². The molecule has 0 aliphatic heterocycles. The summed E-state index contributed by atoms with van der Waals surface area (Å²) < 4.78 is 5.19. The van der Waals surface area contributed by atoms with Gasteiger partial charge in [0, 0.05) is 5.69 Å². The number of carbonyl (C=O) groups is 1. The Morgan fingerprint density at radius 2 is 1.91 bits per heavy atom. The van der Waals surface area contributed by atoms with Crippen LogP contribution in [-0.2, 0) is 10.2 Å². The fraction of sp³-hybridized carbons (Fsp3) is 0.211. The Morgan fingerprint density at radius 3 is 2.45 bits per heavy atom. The van der Waals surface area contributed by atoms with E-state index in [1.165, 1.54) is 0 Å². The summed E-state index contributed by atoms with van der Waals surface area (Å²) >= 11 is 0. The highest BCUT2D eigenvalue weighted by Crippen LogP contribution is 2.55. The molecule has 0 heterocycles. The highest BCUT2D eigenvalue weighted by atomic mass is 16.5. The molecule has 3 rings (SSSR count). The Hall–Kier alpha value is -2.55. The van der Waals surface area contributed by atoms with Crippen LogP contribution in [0.3, 0.4) is 0 Å². The average molecular weight is 293 g/mol. The number of amides is 1. The van der Waals surface area contributed by atoms with Crippen molar-refractivity contribution in [2.24, 2.45) is 5.92 Å². The number of hydrogen-bond donors (Lipinski definition) is 1. The normalized spacial score (nSPS) is 22.7. The molecular formula is C19H19NO2. The second kappa shape index (κ2) is 5.68.